The van der Waals surface area contributed by atoms with Crippen molar-refractivity contribution in [2.75, 3.05) is 0 Å². The molecule has 0 aliphatic heterocycles. The molecule has 1 aromatic carbocycles. The van der Waals surface area contributed by atoms with Gasteiger partial charge in [0.2, 0.25) is 0 Å². The van der Waals surface area contributed by atoms with E-state index < -0.39 is 0 Å². The van der Waals surface area contributed by atoms with E-state index in [2.05, 4.69) is 31.7 Å². The zero-order chi connectivity index (χ0) is 8.10. The summed E-state index contributed by atoms with van der Waals surface area (Å²) in [5.74, 6) is 4.67. The van der Waals surface area contributed by atoms with Gasteiger partial charge in [0.05, 0.1) is 0 Å². The number of nitrogens with two attached hydrogens (primary N) is 1. The van der Waals surface area contributed by atoms with Crippen molar-refractivity contribution in [3.05, 3.63) is 34.3 Å². The van der Waals surface area contributed by atoms with Gasteiger partial charge in [-0.3, -0.25) is 0 Å². The first-order valence-electron chi connectivity index (χ1n) is 3.05. The average molecular weight is 218 g/mol. The second kappa shape index (κ2) is 4.46. The highest BCUT2D eigenvalue weighted by atomic mass is 79.9. The van der Waals surface area contributed by atoms with E-state index in [-0.39, 0.29) is 0 Å². The van der Waals surface area contributed by atoms with Crippen molar-refractivity contribution in [1.82, 2.24) is 0 Å². The predicted molar refractivity (Wildman–Crippen MR) is 44.2 cm³/mol. The van der Waals surface area contributed by atoms with Crippen molar-refractivity contribution in [3.63, 3.8) is 0 Å². The summed E-state index contributed by atoms with van der Waals surface area (Å²) in [5, 5.41) is 0. The minimum atomic E-state index is 0.365. The molecule has 0 atom stereocenters. The summed E-state index contributed by atoms with van der Waals surface area (Å²) in [5.41, 5.74) is 1.01. The number of rotatable bonds is 3. The van der Waals surface area contributed by atoms with E-state index in [4.69, 9.17) is 0 Å². The SMILES string of the molecule is NOOCc1ccc(Br)cc1. The van der Waals surface area contributed by atoms with Crippen LogP contribution in [0.4, 0.5) is 0 Å². The molecule has 0 bridgehead atoms. The maximum atomic E-state index is 4.67. The molecule has 60 valence electrons. The van der Waals surface area contributed by atoms with Gasteiger partial charge < -0.3 is 0 Å². The first kappa shape index (κ1) is 8.67. The molecule has 11 heavy (non-hydrogen) atoms. The molecule has 0 radical (unpaired) electrons. The Bertz CT molecular complexity index is 212. The minimum Gasteiger partial charge on any atom is -0.214 e. The zero-order valence-corrected chi connectivity index (χ0v) is 7.37. The Kier molecular flexibility index (Phi) is 3.51. The maximum Gasteiger partial charge on any atom is 0.109 e. The summed E-state index contributed by atoms with van der Waals surface area (Å²) >= 11 is 3.32. The largest absolute Gasteiger partial charge is 0.214 e. The van der Waals surface area contributed by atoms with E-state index in [9.17, 15) is 0 Å². The van der Waals surface area contributed by atoms with Gasteiger partial charge in [0.25, 0.3) is 0 Å². The molecule has 1 rings (SSSR count). The molecule has 0 saturated heterocycles. The van der Waals surface area contributed by atoms with Gasteiger partial charge in [-0.15, -0.1) is 4.99 Å². The van der Waals surface area contributed by atoms with Gasteiger partial charge in [-0.2, -0.15) is 5.90 Å². The number of halogens is 1. The van der Waals surface area contributed by atoms with Crippen LogP contribution in [-0.4, -0.2) is 0 Å². The highest BCUT2D eigenvalue weighted by Crippen LogP contribution is 2.10. The first-order valence-corrected chi connectivity index (χ1v) is 3.85. The molecule has 0 saturated carbocycles. The Morgan fingerprint density at radius 2 is 1.91 bits per heavy atom. The van der Waals surface area contributed by atoms with Crippen LogP contribution in [0, 0.1) is 0 Å². The van der Waals surface area contributed by atoms with Gasteiger partial charge >= 0.3 is 0 Å². The van der Waals surface area contributed by atoms with Crippen LogP contribution in [0.25, 0.3) is 0 Å². The normalized spacial score (nSPS) is 10.0. The minimum absolute atomic E-state index is 0.365. The molecule has 0 aliphatic rings. The topological polar surface area (TPSA) is 44.5 Å². The summed E-state index contributed by atoms with van der Waals surface area (Å²) in [6.07, 6.45) is 0. The summed E-state index contributed by atoms with van der Waals surface area (Å²) in [6, 6.07) is 7.69. The molecular formula is C7H8BrNO2. The molecule has 0 aliphatic carbocycles. The first-order chi connectivity index (χ1) is 5.33. The van der Waals surface area contributed by atoms with E-state index in [0.29, 0.717) is 6.61 Å². The van der Waals surface area contributed by atoms with Gasteiger partial charge in [-0.25, -0.2) is 4.89 Å². The predicted octanol–water partition coefficient (Wildman–Crippen LogP) is 1.77. The van der Waals surface area contributed by atoms with Crippen molar-refractivity contribution in [2.45, 2.75) is 6.61 Å². The lowest BCUT2D eigenvalue weighted by atomic mass is 10.2. The van der Waals surface area contributed by atoms with Crippen LogP contribution >= 0.6 is 15.9 Å². The smallest absolute Gasteiger partial charge is 0.109 e. The molecule has 0 spiro atoms. The van der Waals surface area contributed by atoms with Crippen LogP contribution in [0.15, 0.2) is 28.7 Å². The second-order valence-electron chi connectivity index (χ2n) is 1.98. The monoisotopic (exact) mass is 217 g/mol. The van der Waals surface area contributed by atoms with Crippen molar-refractivity contribution < 1.29 is 9.88 Å². The molecule has 0 unspecified atom stereocenters. The zero-order valence-electron chi connectivity index (χ0n) is 5.79. The lowest BCUT2D eigenvalue weighted by Crippen LogP contribution is -2.00. The van der Waals surface area contributed by atoms with Crippen LogP contribution < -0.4 is 5.90 Å². The number of hydrogen-bond donors (Lipinski definition) is 1. The van der Waals surface area contributed by atoms with Crippen LogP contribution in [0.5, 0.6) is 0 Å². The highest BCUT2D eigenvalue weighted by Gasteiger charge is 1.91. The molecule has 0 aromatic heterocycles. The van der Waals surface area contributed by atoms with Crippen LogP contribution in [0.2, 0.25) is 0 Å². The lowest BCUT2D eigenvalue weighted by Gasteiger charge is -1.98. The standard InChI is InChI=1S/C7H8BrNO2/c8-7-3-1-6(2-4-7)5-10-11-9/h1-4H,5,9H2. The molecule has 3 nitrogen and oxygen atoms in total. The fourth-order valence-electron chi connectivity index (χ4n) is 0.683. The fourth-order valence-corrected chi connectivity index (χ4v) is 0.947. The van der Waals surface area contributed by atoms with Gasteiger partial charge in [0, 0.05) is 4.47 Å². The Morgan fingerprint density at radius 3 is 2.45 bits per heavy atom. The molecule has 2 N–H and O–H groups in total. The van der Waals surface area contributed by atoms with Crippen molar-refractivity contribution >= 4 is 15.9 Å². The third-order valence-corrected chi connectivity index (χ3v) is 1.74. The van der Waals surface area contributed by atoms with Crippen LogP contribution in [-0.2, 0) is 16.5 Å². The Balaban J connectivity index is 2.52. The molecule has 0 amide bonds. The van der Waals surface area contributed by atoms with E-state index in [0.717, 1.165) is 10.0 Å². The van der Waals surface area contributed by atoms with Gasteiger partial charge in [0.15, 0.2) is 0 Å². The average Bonchev–Trinajstić information content (AvgIpc) is 2.04. The quantitative estimate of drug-likeness (QED) is 0.621. The second-order valence-corrected chi connectivity index (χ2v) is 2.90. The van der Waals surface area contributed by atoms with E-state index in [1.165, 1.54) is 0 Å². The fraction of sp³-hybridized carbons (Fsp3) is 0.143. The molecule has 0 heterocycles. The summed E-state index contributed by atoms with van der Waals surface area (Å²) in [6.45, 7) is 0.365. The highest BCUT2D eigenvalue weighted by molar-refractivity contribution is 9.10. The van der Waals surface area contributed by atoms with Crippen molar-refractivity contribution in [2.24, 2.45) is 5.90 Å². The number of hydrogen-bond acceptors (Lipinski definition) is 3. The Morgan fingerprint density at radius 1 is 1.27 bits per heavy atom. The number of benzene rings is 1. The molecule has 0 fully saturated rings. The Labute approximate surface area is 73.1 Å². The molecule has 1 aromatic rings. The lowest BCUT2D eigenvalue weighted by molar-refractivity contribution is -0.308. The van der Waals surface area contributed by atoms with E-state index in [1.54, 1.807) is 0 Å². The van der Waals surface area contributed by atoms with Crippen LogP contribution in [0.1, 0.15) is 5.56 Å². The van der Waals surface area contributed by atoms with Crippen molar-refractivity contribution in [1.29, 1.82) is 0 Å². The molecule has 4 heteroatoms. The third-order valence-electron chi connectivity index (χ3n) is 1.21. The summed E-state index contributed by atoms with van der Waals surface area (Å²) in [7, 11) is 0. The third kappa shape index (κ3) is 2.98. The van der Waals surface area contributed by atoms with E-state index in [1.807, 2.05) is 24.3 Å². The van der Waals surface area contributed by atoms with Crippen molar-refractivity contribution in [3.8, 4) is 0 Å². The van der Waals surface area contributed by atoms with Gasteiger partial charge in [0.1, 0.15) is 6.61 Å². The Hall–Kier alpha value is -0.420. The summed E-state index contributed by atoms with van der Waals surface area (Å²) < 4.78 is 1.04. The maximum absolute atomic E-state index is 4.67. The molecular weight excluding hydrogens is 210 g/mol. The van der Waals surface area contributed by atoms with E-state index >= 15 is 0 Å². The van der Waals surface area contributed by atoms with Gasteiger partial charge in [-0.1, -0.05) is 28.1 Å². The van der Waals surface area contributed by atoms with Gasteiger partial charge in [-0.05, 0) is 17.7 Å². The summed E-state index contributed by atoms with van der Waals surface area (Å²) in [4.78, 5) is 8.49. The van der Waals surface area contributed by atoms with Crippen LogP contribution in [0.3, 0.4) is 0 Å².